The zero-order valence-corrected chi connectivity index (χ0v) is 9.68. The number of benzene rings is 1. The van der Waals surface area contributed by atoms with Crippen LogP contribution in [0.15, 0.2) is 23.1 Å². The fourth-order valence-electron chi connectivity index (χ4n) is 1.29. The van der Waals surface area contributed by atoms with Gasteiger partial charge in [-0.1, -0.05) is 6.07 Å². The zero-order chi connectivity index (χ0) is 11.6. The van der Waals surface area contributed by atoms with Gasteiger partial charge in [0.2, 0.25) is 0 Å². The standard InChI is InChI=1S/C10H13NO3S/c1-7-4-5-8(10(12)11-2)6-9(7)15(3,13)14/h4-6H,1-3H3,(H,11,12). The molecule has 0 heterocycles. The molecule has 0 aliphatic heterocycles. The van der Waals surface area contributed by atoms with Gasteiger partial charge in [-0.2, -0.15) is 0 Å². The van der Waals surface area contributed by atoms with Crippen LogP contribution >= 0.6 is 0 Å². The second-order valence-electron chi connectivity index (χ2n) is 3.33. The highest BCUT2D eigenvalue weighted by Gasteiger charge is 2.13. The van der Waals surface area contributed by atoms with Crippen molar-refractivity contribution in [2.75, 3.05) is 13.3 Å². The molecule has 0 aliphatic carbocycles. The molecular formula is C10H13NO3S. The molecule has 0 saturated heterocycles. The lowest BCUT2D eigenvalue weighted by Crippen LogP contribution is -2.18. The fraction of sp³-hybridized carbons (Fsp3) is 0.300. The number of hydrogen-bond donors (Lipinski definition) is 1. The monoisotopic (exact) mass is 227 g/mol. The van der Waals surface area contributed by atoms with Crippen LogP contribution in [0.25, 0.3) is 0 Å². The number of rotatable bonds is 2. The van der Waals surface area contributed by atoms with E-state index in [1.165, 1.54) is 13.1 Å². The van der Waals surface area contributed by atoms with Crippen LogP contribution in [0.3, 0.4) is 0 Å². The summed E-state index contributed by atoms with van der Waals surface area (Å²) in [4.78, 5) is 11.5. The smallest absolute Gasteiger partial charge is 0.251 e. The molecule has 0 aliphatic rings. The van der Waals surface area contributed by atoms with E-state index < -0.39 is 9.84 Å². The summed E-state index contributed by atoms with van der Waals surface area (Å²) in [6.45, 7) is 1.70. The Hall–Kier alpha value is -1.36. The van der Waals surface area contributed by atoms with E-state index in [-0.39, 0.29) is 10.8 Å². The number of carbonyl (C=O) groups excluding carboxylic acids is 1. The number of amides is 1. The topological polar surface area (TPSA) is 63.2 Å². The third-order valence-electron chi connectivity index (χ3n) is 2.08. The summed E-state index contributed by atoms with van der Waals surface area (Å²) in [5, 5.41) is 2.45. The van der Waals surface area contributed by atoms with Crippen molar-refractivity contribution in [2.45, 2.75) is 11.8 Å². The van der Waals surface area contributed by atoms with Crippen LogP contribution < -0.4 is 5.32 Å². The molecule has 0 radical (unpaired) electrons. The molecule has 1 rings (SSSR count). The van der Waals surface area contributed by atoms with Crippen LogP contribution in [0.1, 0.15) is 15.9 Å². The van der Waals surface area contributed by atoms with Crippen LogP contribution in [0.2, 0.25) is 0 Å². The molecule has 0 bridgehead atoms. The predicted molar refractivity (Wildman–Crippen MR) is 57.7 cm³/mol. The van der Waals surface area contributed by atoms with Crippen molar-refractivity contribution < 1.29 is 13.2 Å². The third kappa shape index (κ3) is 2.56. The molecule has 0 atom stereocenters. The molecule has 1 amide bonds. The maximum Gasteiger partial charge on any atom is 0.251 e. The molecule has 1 aromatic rings. The Labute approximate surface area is 89.2 Å². The van der Waals surface area contributed by atoms with E-state index in [1.807, 2.05) is 0 Å². The van der Waals surface area contributed by atoms with Crippen molar-refractivity contribution in [3.63, 3.8) is 0 Å². The summed E-state index contributed by atoms with van der Waals surface area (Å²) in [6.07, 6.45) is 1.13. The van der Waals surface area contributed by atoms with Crippen LogP contribution in [0, 0.1) is 6.92 Å². The van der Waals surface area contributed by atoms with E-state index in [9.17, 15) is 13.2 Å². The first-order chi connectivity index (χ1) is 6.86. The number of nitrogens with one attached hydrogen (secondary N) is 1. The first-order valence-electron chi connectivity index (χ1n) is 4.39. The summed E-state index contributed by atoms with van der Waals surface area (Å²) in [6, 6.07) is 4.62. The fourth-order valence-corrected chi connectivity index (χ4v) is 2.28. The van der Waals surface area contributed by atoms with Gasteiger partial charge in [0.1, 0.15) is 0 Å². The van der Waals surface area contributed by atoms with Gasteiger partial charge in [0.25, 0.3) is 5.91 Å². The van der Waals surface area contributed by atoms with Crippen molar-refractivity contribution in [1.82, 2.24) is 5.32 Å². The van der Waals surface area contributed by atoms with Crippen LogP contribution in [0.5, 0.6) is 0 Å². The highest BCUT2D eigenvalue weighted by atomic mass is 32.2. The Balaban J connectivity index is 3.36. The van der Waals surface area contributed by atoms with Gasteiger partial charge in [0.05, 0.1) is 4.90 Å². The summed E-state index contributed by atoms with van der Waals surface area (Å²) in [7, 11) is -1.78. The normalized spacial score (nSPS) is 11.1. The van der Waals surface area contributed by atoms with E-state index >= 15 is 0 Å². The Morgan fingerprint density at radius 1 is 1.33 bits per heavy atom. The summed E-state index contributed by atoms with van der Waals surface area (Å²) < 4.78 is 22.8. The number of sulfone groups is 1. The van der Waals surface area contributed by atoms with Crippen molar-refractivity contribution in [3.05, 3.63) is 29.3 Å². The van der Waals surface area contributed by atoms with Gasteiger partial charge < -0.3 is 5.32 Å². The van der Waals surface area contributed by atoms with Gasteiger partial charge in [-0.3, -0.25) is 4.79 Å². The lowest BCUT2D eigenvalue weighted by atomic mass is 10.1. The third-order valence-corrected chi connectivity index (χ3v) is 3.32. The van der Waals surface area contributed by atoms with E-state index in [1.54, 1.807) is 19.1 Å². The van der Waals surface area contributed by atoms with Gasteiger partial charge in [-0.05, 0) is 24.6 Å². The zero-order valence-electron chi connectivity index (χ0n) is 8.87. The van der Waals surface area contributed by atoms with Crippen LogP contribution in [0.4, 0.5) is 0 Å². The quantitative estimate of drug-likeness (QED) is 0.811. The average Bonchev–Trinajstić information content (AvgIpc) is 2.15. The summed E-state index contributed by atoms with van der Waals surface area (Å²) >= 11 is 0. The molecule has 4 nitrogen and oxygen atoms in total. The van der Waals surface area contributed by atoms with E-state index in [2.05, 4.69) is 5.32 Å². The first-order valence-corrected chi connectivity index (χ1v) is 6.28. The molecular weight excluding hydrogens is 214 g/mol. The van der Waals surface area contributed by atoms with Gasteiger partial charge in [0.15, 0.2) is 9.84 Å². The SMILES string of the molecule is CNC(=O)c1ccc(C)c(S(C)(=O)=O)c1. The molecule has 0 spiro atoms. The number of aryl methyl sites for hydroxylation is 1. The van der Waals surface area contributed by atoms with Crippen molar-refractivity contribution in [2.24, 2.45) is 0 Å². The highest BCUT2D eigenvalue weighted by molar-refractivity contribution is 7.90. The molecule has 0 aromatic heterocycles. The Morgan fingerprint density at radius 3 is 2.40 bits per heavy atom. The predicted octanol–water partition coefficient (Wildman–Crippen LogP) is 0.758. The second-order valence-corrected chi connectivity index (χ2v) is 5.32. The van der Waals surface area contributed by atoms with Crippen LogP contribution in [-0.2, 0) is 9.84 Å². The molecule has 82 valence electrons. The van der Waals surface area contributed by atoms with Gasteiger partial charge in [-0.15, -0.1) is 0 Å². The van der Waals surface area contributed by atoms with Crippen molar-refractivity contribution in [1.29, 1.82) is 0 Å². The Kier molecular flexibility index (Phi) is 3.14. The average molecular weight is 227 g/mol. The van der Waals surface area contributed by atoms with E-state index in [0.29, 0.717) is 11.1 Å². The molecule has 0 saturated carbocycles. The molecule has 0 fully saturated rings. The lowest BCUT2D eigenvalue weighted by Gasteiger charge is -2.06. The van der Waals surface area contributed by atoms with E-state index in [0.717, 1.165) is 6.26 Å². The Bertz CT molecular complexity index is 491. The molecule has 0 unspecified atom stereocenters. The second kappa shape index (κ2) is 4.02. The largest absolute Gasteiger partial charge is 0.355 e. The van der Waals surface area contributed by atoms with Gasteiger partial charge in [-0.25, -0.2) is 8.42 Å². The molecule has 1 aromatic carbocycles. The van der Waals surface area contributed by atoms with Crippen molar-refractivity contribution in [3.8, 4) is 0 Å². The van der Waals surface area contributed by atoms with E-state index in [4.69, 9.17) is 0 Å². The number of carbonyl (C=O) groups is 1. The highest BCUT2D eigenvalue weighted by Crippen LogP contribution is 2.16. The minimum atomic E-state index is -3.28. The molecule has 15 heavy (non-hydrogen) atoms. The first kappa shape index (κ1) is 11.7. The van der Waals surface area contributed by atoms with Gasteiger partial charge in [0, 0.05) is 18.9 Å². The Morgan fingerprint density at radius 2 is 1.93 bits per heavy atom. The van der Waals surface area contributed by atoms with Crippen LogP contribution in [-0.4, -0.2) is 27.6 Å². The number of hydrogen-bond acceptors (Lipinski definition) is 3. The van der Waals surface area contributed by atoms with Crippen molar-refractivity contribution >= 4 is 15.7 Å². The maximum absolute atomic E-state index is 11.4. The van der Waals surface area contributed by atoms with Gasteiger partial charge >= 0.3 is 0 Å². The summed E-state index contributed by atoms with van der Waals surface area (Å²) in [5.41, 5.74) is 0.994. The molecule has 5 heteroatoms. The lowest BCUT2D eigenvalue weighted by molar-refractivity contribution is 0.0963. The summed E-state index contributed by atoms with van der Waals surface area (Å²) in [5.74, 6) is -0.292. The minimum absolute atomic E-state index is 0.198. The molecule has 1 N–H and O–H groups in total. The minimum Gasteiger partial charge on any atom is -0.355 e. The maximum atomic E-state index is 11.4.